The van der Waals surface area contributed by atoms with Crippen LogP contribution in [0.2, 0.25) is 0 Å². The number of primary amides is 1. The van der Waals surface area contributed by atoms with Crippen LogP contribution < -0.4 is 21.1 Å². The van der Waals surface area contributed by atoms with E-state index in [0.29, 0.717) is 13.1 Å². The van der Waals surface area contributed by atoms with Gasteiger partial charge in [0.25, 0.3) is 0 Å². The molecule has 1 aromatic rings. The van der Waals surface area contributed by atoms with Crippen molar-refractivity contribution in [3.05, 3.63) is 24.3 Å². The van der Waals surface area contributed by atoms with Crippen LogP contribution in [0.15, 0.2) is 24.3 Å². The number of nitrogens with zero attached hydrogens (tertiary/aromatic N) is 1. The van der Waals surface area contributed by atoms with Crippen LogP contribution in [-0.2, 0) is 4.79 Å². The third-order valence-electron chi connectivity index (χ3n) is 2.40. The first kappa shape index (κ1) is 13.3. The minimum atomic E-state index is -0.368. The van der Waals surface area contributed by atoms with Gasteiger partial charge in [0.15, 0.2) is 0 Å². The summed E-state index contributed by atoms with van der Waals surface area (Å²) >= 11 is 0. The number of benzene rings is 1. The Morgan fingerprint density at radius 3 is 2.71 bits per heavy atom. The Hall–Kier alpha value is -1.75. The van der Waals surface area contributed by atoms with Crippen molar-refractivity contribution in [2.45, 2.75) is 6.42 Å². The number of amides is 1. The lowest BCUT2D eigenvalue weighted by Crippen LogP contribution is -2.35. The van der Waals surface area contributed by atoms with Gasteiger partial charge in [-0.3, -0.25) is 4.79 Å². The highest BCUT2D eigenvalue weighted by atomic mass is 16.5. The van der Waals surface area contributed by atoms with Crippen LogP contribution in [0.3, 0.4) is 0 Å². The van der Waals surface area contributed by atoms with E-state index < -0.39 is 0 Å². The fourth-order valence-corrected chi connectivity index (χ4v) is 1.65. The number of hydrogen-bond donors (Lipinski definition) is 2. The molecule has 0 aliphatic heterocycles. The highest BCUT2D eigenvalue weighted by molar-refractivity contribution is 5.80. The van der Waals surface area contributed by atoms with Crippen molar-refractivity contribution in [1.29, 1.82) is 0 Å². The van der Waals surface area contributed by atoms with Gasteiger partial charge in [-0.05, 0) is 25.1 Å². The molecule has 0 bridgehead atoms. The minimum absolute atomic E-state index is 0.167. The number of carbonyl (C=O) groups excluding carboxylic acids is 1. The average molecular weight is 237 g/mol. The summed E-state index contributed by atoms with van der Waals surface area (Å²) in [6, 6.07) is 7.53. The highest BCUT2D eigenvalue weighted by Crippen LogP contribution is 2.27. The number of rotatable bonds is 7. The van der Waals surface area contributed by atoms with Crippen LogP contribution >= 0.6 is 0 Å². The maximum absolute atomic E-state index is 11.1. The van der Waals surface area contributed by atoms with Crippen molar-refractivity contribution in [2.75, 3.05) is 31.6 Å². The molecule has 0 saturated heterocycles. The number of nitrogens with two attached hydrogens (primary N) is 2. The number of hydrogen-bond acceptors (Lipinski definition) is 4. The molecule has 4 N–H and O–H groups in total. The molecule has 94 valence electrons. The first-order valence-electron chi connectivity index (χ1n) is 5.55. The quantitative estimate of drug-likeness (QED) is 0.716. The zero-order chi connectivity index (χ0) is 12.7. The van der Waals surface area contributed by atoms with Gasteiger partial charge in [0, 0.05) is 6.54 Å². The van der Waals surface area contributed by atoms with Gasteiger partial charge in [-0.25, -0.2) is 0 Å². The molecular weight excluding hydrogens is 218 g/mol. The first-order valence-corrected chi connectivity index (χ1v) is 5.55. The second kappa shape index (κ2) is 6.75. The van der Waals surface area contributed by atoms with Crippen LogP contribution in [0.1, 0.15) is 6.42 Å². The minimum Gasteiger partial charge on any atom is -0.495 e. The van der Waals surface area contributed by atoms with Crippen LogP contribution in [0.5, 0.6) is 5.75 Å². The molecule has 0 aromatic heterocycles. The largest absolute Gasteiger partial charge is 0.495 e. The Bertz CT molecular complexity index is 369. The molecule has 0 aliphatic carbocycles. The first-order chi connectivity index (χ1) is 8.19. The molecular formula is C12H19N3O2. The Labute approximate surface area is 101 Å². The van der Waals surface area contributed by atoms with Gasteiger partial charge in [-0.2, -0.15) is 0 Å². The number of carbonyl (C=O) groups is 1. The Balaban J connectivity index is 2.90. The van der Waals surface area contributed by atoms with Crippen molar-refractivity contribution in [3.8, 4) is 5.75 Å². The summed E-state index contributed by atoms with van der Waals surface area (Å²) in [4.78, 5) is 12.9. The molecule has 5 nitrogen and oxygen atoms in total. The van der Waals surface area contributed by atoms with E-state index in [1.807, 2.05) is 29.2 Å². The topological polar surface area (TPSA) is 81.6 Å². The lowest BCUT2D eigenvalue weighted by molar-refractivity contribution is -0.116. The third kappa shape index (κ3) is 3.96. The fraction of sp³-hybridized carbons (Fsp3) is 0.417. The summed E-state index contributed by atoms with van der Waals surface area (Å²) in [7, 11) is 1.60. The third-order valence-corrected chi connectivity index (χ3v) is 2.40. The maximum Gasteiger partial charge on any atom is 0.236 e. The van der Waals surface area contributed by atoms with Gasteiger partial charge < -0.3 is 21.1 Å². The van der Waals surface area contributed by atoms with Crippen molar-refractivity contribution in [2.24, 2.45) is 11.5 Å². The second-order valence-electron chi connectivity index (χ2n) is 3.70. The van der Waals surface area contributed by atoms with E-state index in [0.717, 1.165) is 17.9 Å². The predicted molar refractivity (Wildman–Crippen MR) is 68.1 cm³/mol. The summed E-state index contributed by atoms with van der Waals surface area (Å²) in [5.41, 5.74) is 11.6. The van der Waals surface area contributed by atoms with Crippen molar-refractivity contribution in [3.63, 3.8) is 0 Å². The summed E-state index contributed by atoms with van der Waals surface area (Å²) in [6.07, 6.45) is 0.797. The second-order valence-corrected chi connectivity index (χ2v) is 3.70. The van der Waals surface area contributed by atoms with Gasteiger partial charge >= 0.3 is 0 Å². The summed E-state index contributed by atoms with van der Waals surface area (Å²) in [5.74, 6) is 0.360. The predicted octanol–water partition coefficient (Wildman–Crippen LogP) is 0.336. The van der Waals surface area contributed by atoms with Crippen molar-refractivity contribution >= 4 is 11.6 Å². The van der Waals surface area contributed by atoms with E-state index in [1.54, 1.807) is 7.11 Å². The maximum atomic E-state index is 11.1. The van der Waals surface area contributed by atoms with Crippen molar-refractivity contribution in [1.82, 2.24) is 0 Å². The van der Waals surface area contributed by atoms with E-state index in [1.165, 1.54) is 0 Å². The molecule has 1 amide bonds. The Morgan fingerprint density at radius 2 is 2.12 bits per heavy atom. The number of para-hydroxylation sites is 2. The van der Waals surface area contributed by atoms with Gasteiger partial charge in [-0.1, -0.05) is 12.1 Å². The molecule has 1 rings (SSSR count). The molecule has 0 fully saturated rings. The van der Waals surface area contributed by atoms with Crippen LogP contribution in [0.4, 0.5) is 5.69 Å². The van der Waals surface area contributed by atoms with Gasteiger partial charge in [0.2, 0.25) is 5.91 Å². The molecule has 0 radical (unpaired) electrons. The average Bonchev–Trinajstić information content (AvgIpc) is 2.34. The molecule has 5 heteroatoms. The lowest BCUT2D eigenvalue weighted by Gasteiger charge is -2.24. The van der Waals surface area contributed by atoms with Crippen molar-refractivity contribution < 1.29 is 9.53 Å². The smallest absolute Gasteiger partial charge is 0.236 e. The van der Waals surface area contributed by atoms with Crippen LogP contribution in [-0.4, -0.2) is 32.7 Å². The van der Waals surface area contributed by atoms with E-state index >= 15 is 0 Å². The summed E-state index contributed by atoms with van der Waals surface area (Å²) in [6.45, 7) is 1.42. The molecule has 0 heterocycles. The normalized spacial score (nSPS) is 10.0. The summed E-state index contributed by atoms with van der Waals surface area (Å²) < 4.78 is 5.26. The van der Waals surface area contributed by atoms with E-state index in [9.17, 15) is 4.79 Å². The van der Waals surface area contributed by atoms with E-state index in [4.69, 9.17) is 16.2 Å². The van der Waals surface area contributed by atoms with Gasteiger partial charge in [-0.15, -0.1) is 0 Å². The lowest BCUT2D eigenvalue weighted by atomic mass is 10.2. The molecule has 0 spiro atoms. The Morgan fingerprint density at radius 1 is 1.41 bits per heavy atom. The fourth-order valence-electron chi connectivity index (χ4n) is 1.65. The zero-order valence-corrected chi connectivity index (χ0v) is 10.1. The number of methoxy groups -OCH3 is 1. The molecule has 0 unspecified atom stereocenters. The zero-order valence-electron chi connectivity index (χ0n) is 10.1. The van der Waals surface area contributed by atoms with Crippen LogP contribution in [0.25, 0.3) is 0 Å². The number of anilines is 1. The monoisotopic (exact) mass is 237 g/mol. The Kier molecular flexibility index (Phi) is 5.29. The molecule has 17 heavy (non-hydrogen) atoms. The van der Waals surface area contributed by atoms with E-state index in [2.05, 4.69) is 0 Å². The SMILES string of the molecule is COc1ccccc1N(CCCN)CC(N)=O. The highest BCUT2D eigenvalue weighted by Gasteiger charge is 2.12. The standard InChI is InChI=1S/C12H19N3O2/c1-17-11-6-3-2-5-10(11)15(8-4-7-13)9-12(14)16/h2-3,5-6H,4,7-9,13H2,1H3,(H2,14,16). The summed E-state index contributed by atoms with van der Waals surface area (Å²) in [5, 5.41) is 0. The van der Waals surface area contributed by atoms with Gasteiger partial charge in [0.05, 0.1) is 19.3 Å². The number of ether oxygens (including phenoxy) is 1. The van der Waals surface area contributed by atoms with Crippen LogP contribution in [0, 0.1) is 0 Å². The molecule has 1 aromatic carbocycles. The molecule has 0 atom stereocenters. The molecule has 0 saturated carbocycles. The van der Waals surface area contributed by atoms with E-state index in [-0.39, 0.29) is 12.5 Å². The molecule has 0 aliphatic rings. The van der Waals surface area contributed by atoms with Gasteiger partial charge in [0.1, 0.15) is 5.75 Å².